The van der Waals surface area contributed by atoms with Crippen LogP contribution in [-0.2, 0) is 0 Å². The smallest absolute Gasteiger partial charge is 0.0286 e. The van der Waals surface area contributed by atoms with Crippen molar-refractivity contribution < 1.29 is 0 Å². The lowest BCUT2D eigenvalue weighted by molar-refractivity contribution is 0.707. The molecule has 0 nitrogen and oxygen atoms in total. The van der Waals surface area contributed by atoms with E-state index < -0.39 is 0 Å². The van der Waals surface area contributed by atoms with E-state index in [1.54, 1.807) is 0 Å². The van der Waals surface area contributed by atoms with E-state index in [1.165, 1.54) is 0 Å². The summed E-state index contributed by atoms with van der Waals surface area (Å²) in [6.07, 6.45) is 3.00. The van der Waals surface area contributed by atoms with Gasteiger partial charge in [0.1, 0.15) is 0 Å². The summed E-state index contributed by atoms with van der Waals surface area (Å²) in [7, 11) is 0. The Morgan fingerprint density at radius 1 is 1.86 bits per heavy atom. The van der Waals surface area contributed by atoms with Crippen molar-refractivity contribution in [1.29, 1.82) is 0 Å². The molecule has 42 valence electrons. The third-order valence-electron chi connectivity index (χ3n) is 1.06. The summed E-state index contributed by atoms with van der Waals surface area (Å²) >= 11 is 5.50. The third-order valence-corrected chi connectivity index (χ3v) is 1.45. The SMILES string of the molecule is C=CC(CC)CCl. The zero-order valence-electron chi connectivity index (χ0n) is 4.65. The molecule has 1 unspecified atom stereocenters. The van der Waals surface area contributed by atoms with Gasteiger partial charge >= 0.3 is 0 Å². The quantitative estimate of drug-likeness (QED) is 0.395. The normalized spacial score (nSPS) is 13.4. The van der Waals surface area contributed by atoms with Crippen LogP contribution in [0.5, 0.6) is 0 Å². The van der Waals surface area contributed by atoms with Crippen LogP contribution >= 0.6 is 11.6 Å². The summed E-state index contributed by atoms with van der Waals surface area (Å²) in [5.41, 5.74) is 0. The van der Waals surface area contributed by atoms with Gasteiger partial charge in [0.2, 0.25) is 0 Å². The van der Waals surface area contributed by atoms with E-state index in [1.807, 2.05) is 6.08 Å². The van der Waals surface area contributed by atoms with Gasteiger partial charge in [-0.2, -0.15) is 0 Å². The third kappa shape index (κ3) is 2.69. The predicted octanol–water partition coefficient (Wildman–Crippen LogP) is 2.44. The van der Waals surface area contributed by atoms with Crippen molar-refractivity contribution in [2.45, 2.75) is 13.3 Å². The second-order valence-electron chi connectivity index (χ2n) is 1.56. The van der Waals surface area contributed by atoms with Crippen molar-refractivity contribution in [3.63, 3.8) is 0 Å². The Morgan fingerprint density at radius 3 is 2.43 bits per heavy atom. The molecule has 0 fully saturated rings. The molecule has 0 aromatic rings. The van der Waals surface area contributed by atoms with Crippen LogP contribution in [0, 0.1) is 5.92 Å². The number of alkyl halides is 1. The fourth-order valence-corrected chi connectivity index (χ4v) is 0.683. The van der Waals surface area contributed by atoms with Gasteiger partial charge in [-0.15, -0.1) is 18.2 Å². The van der Waals surface area contributed by atoms with Gasteiger partial charge in [-0.05, 0) is 12.3 Å². The molecule has 0 aliphatic carbocycles. The number of rotatable bonds is 3. The molecule has 0 aromatic heterocycles. The Balaban J connectivity index is 3.16. The van der Waals surface area contributed by atoms with Gasteiger partial charge in [0.15, 0.2) is 0 Å². The average Bonchev–Trinajstić information content (AvgIpc) is 1.72. The molecule has 7 heavy (non-hydrogen) atoms. The molecule has 0 radical (unpaired) electrons. The summed E-state index contributed by atoms with van der Waals surface area (Å²) in [4.78, 5) is 0. The summed E-state index contributed by atoms with van der Waals surface area (Å²) < 4.78 is 0. The van der Waals surface area contributed by atoms with E-state index in [0.29, 0.717) is 11.8 Å². The van der Waals surface area contributed by atoms with Crippen molar-refractivity contribution in [3.05, 3.63) is 12.7 Å². The number of hydrogen-bond acceptors (Lipinski definition) is 0. The highest BCUT2D eigenvalue weighted by Crippen LogP contribution is 2.03. The molecule has 0 N–H and O–H groups in total. The van der Waals surface area contributed by atoms with Crippen molar-refractivity contribution in [2.24, 2.45) is 5.92 Å². The van der Waals surface area contributed by atoms with Crippen LogP contribution < -0.4 is 0 Å². The van der Waals surface area contributed by atoms with E-state index in [-0.39, 0.29) is 0 Å². The van der Waals surface area contributed by atoms with Crippen LogP contribution in [0.25, 0.3) is 0 Å². The maximum absolute atomic E-state index is 5.50. The van der Waals surface area contributed by atoms with Gasteiger partial charge in [-0.1, -0.05) is 13.0 Å². The van der Waals surface area contributed by atoms with E-state index in [2.05, 4.69) is 13.5 Å². The molecule has 0 amide bonds. The van der Waals surface area contributed by atoms with Crippen LogP contribution in [0.15, 0.2) is 12.7 Å². The van der Waals surface area contributed by atoms with Crippen LogP contribution in [0.2, 0.25) is 0 Å². The number of allylic oxidation sites excluding steroid dienone is 1. The maximum atomic E-state index is 5.50. The largest absolute Gasteiger partial charge is 0.126 e. The first-order chi connectivity index (χ1) is 3.35. The Labute approximate surface area is 50.2 Å². The highest BCUT2D eigenvalue weighted by molar-refractivity contribution is 6.18. The molecule has 1 atom stereocenters. The minimum atomic E-state index is 0.515. The lowest BCUT2D eigenvalue weighted by Crippen LogP contribution is -1.92. The van der Waals surface area contributed by atoms with Gasteiger partial charge in [-0.3, -0.25) is 0 Å². The zero-order valence-corrected chi connectivity index (χ0v) is 5.41. The first-order valence-electron chi connectivity index (χ1n) is 2.53. The van der Waals surface area contributed by atoms with Crippen molar-refractivity contribution >= 4 is 11.6 Å². The zero-order chi connectivity index (χ0) is 5.70. The molecule has 0 aliphatic heterocycles. The molecule has 0 bridgehead atoms. The Bertz CT molecular complexity index is 46.1. The Morgan fingerprint density at radius 2 is 2.43 bits per heavy atom. The molecular formula is C6H11Cl. The highest BCUT2D eigenvalue weighted by Gasteiger charge is 1.94. The molecule has 0 saturated carbocycles. The van der Waals surface area contributed by atoms with E-state index in [4.69, 9.17) is 11.6 Å². The molecule has 0 saturated heterocycles. The maximum Gasteiger partial charge on any atom is 0.0286 e. The topological polar surface area (TPSA) is 0 Å². The molecular weight excluding hydrogens is 108 g/mol. The van der Waals surface area contributed by atoms with Crippen LogP contribution in [0.4, 0.5) is 0 Å². The standard InChI is InChI=1S/C6H11Cl/c1-3-6(4-2)5-7/h3,6H,1,4-5H2,2H3. The van der Waals surface area contributed by atoms with Crippen molar-refractivity contribution in [2.75, 3.05) is 5.88 Å². The minimum absolute atomic E-state index is 0.515. The molecule has 0 spiro atoms. The van der Waals surface area contributed by atoms with Crippen LogP contribution in [0.1, 0.15) is 13.3 Å². The van der Waals surface area contributed by atoms with Crippen LogP contribution in [0.3, 0.4) is 0 Å². The van der Waals surface area contributed by atoms with Gasteiger partial charge in [0.25, 0.3) is 0 Å². The van der Waals surface area contributed by atoms with Gasteiger partial charge < -0.3 is 0 Å². The molecule has 1 heteroatoms. The number of halogens is 1. The Hall–Kier alpha value is 0.0300. The fourth-order valence-electron chi connectivity index (χ4n) is 0.339. The molecule has 0 heterocycles. The first kappa shape index (κ1) is 7.03. The summed E-state index contributed by atoms with van der Waals surface area (Å²) in [5, 5.41) is 0. The van der Waals surface area contributed by atoms with E-state index >= 15 is 0 Å². The van der Waals surface area contributed by atoms with Crippen molar-refractivity contribution in [1.82, 2.24) is 0 Å². The van der Waals surface area contributed by atoms with Gasteiger partial charge in [0.05, 0.1) is 0 Å². The monoisotopic (exact) mass is 118 g/mol. The van der Waals surface area contributed by atoms with Crippen molar-refractivity contribution in [3.8, 4) is 0 Å². The van der Waals surface area contributed by atoms with Gasteiger partial charge in [-0.25, -0.2) is 0 Å². The van der Waals surface area contributed by atoms with Crippen LogP contribution in [-0.4, -0.2) is 5.88 Å². The molecule has 0 aromatic carbocycles. The second-order valence-corrected chi connectivity index (χ2v) is 1.87. The highest BCUT2D eigenvalue weighted by atomic mass is 35.5. The average molecular weight is 119 g/mol. The summed E-state index contributed by atoms with van der Waals surface area (Å²) in [6.45, 7) is 5.72. The lowest BCUT2D eigenvalue weighted by atomic mass is 10.1. The summed E-state index contributed by atoms with van der Waals surface area (Å²) in [5.74, 6) is 1.22. The predicted molar refractivity (Wildman–Crippen MR) is 34.7 cm³/mol. The fraction of sp³-hybridized carbons (Fsp3) is 0.667. The Kier molecular flexibility index (Phi) is 4.21. The summed E-state index contributed by atoms with van der Waals surface area (Å²) in [6, 6.07) is 0. The molecule has 0 aliphatic rings. The first-order valence-corrected chi connectivity index (χ1v) is 3.07. The number of hydrogen-bond donors (Lipinski definition) is 0. The molecule has 0 rings (SSSR count). The van der Waals surface area contributed by atoms with E-state index in [0.717, 1.165) is 6.42 Å². The van der Waals surface area contributed by atoms with E-state index in [9.17, 15) is 0 Å². The van der Waals surface area contributed by atoms with Gasteiger partial charge in [0, 0.05) is 5.88 Å². The second kappa shape index (κ2) is 4.20. The minimum Gasteiger partial charge on any atom is -0.126 e. The lowest BCUT2D eigenvalue weighted by Gasteiger charge is -1.99.